The van der Waals surface area contributed by atoms with E-state index in [1.165, 1.54) is 12.8 Å². The molecule has 1 heterocycles. The summed E-state index contributed by atoms with van der Waals surface area (Å²) < 4.78 is 5.10. The zero-order valence-corrected chi connectivity index (χ0v) is 12.8. The van der Waals surface area contributed by atoms with Gasteiger partial charge in [-0.3, -0.25) is 9.59 Å². The molecule has 2 rings (SSSR count). The molecule has 4 heteroatoms. The maximum Gasteiger partial charge on any atom is 0.305 e. The van der Waals surface area contributed by atoms with Crippen molar-refractivity contribution in [3.05, 3.63) is 0 Å². The fourth-order valence-corrected chi connectivity index (χ4v) is 3.57. The molecule has 0 aromatic heterocycles. The predicted molar refractivity (Wildman–Crippen MR) is 77.2 cm³/mol. The maximum absolute atomic E-state index is 12.1. The van der Waals surface area contributed by atoms with Gasteiger partial charge in [0.25, 0.3) is 0 Å². The third kappa shape index (κ3) is 3.33. The summed E-state index contributed by atoms with van der Waals surface area (Å²) >= 11 is 0. The molecule has 0 radical (unpaired) electrons. The average molecular weight is 281 g/mol. The summed E-state index contributed by atoms with van der Waals surface area (Å²) in [6.07, 6.45) is 7.65. The molecule has 2 fully saturated rings. The highest BCUT2D eigenvalue weighted by atomic mass is 16.5. The fourth-order valence-electron chi connectivity index (χ4n) is 3.57. The molecular weight excluding hydrogens is 254 g/mol. The number of nitrogens with zero attached hydrogens (tertiary/aromatic N) is 1. The number of esters is 1. The summed E-state index contributed by atoms with van der Waals surface area (Å²) in [6, 6.07) is 0. The Kier molecular flexibility index (Phi) is 5.06. The quantitative estimate of drug-likeness (QED) is 0.575. The van der Waals surface area contributed by atoms with Crippen LogP contribution in [0.4, 0.5) is 0 Å². The number of likely N-dealkylation sites (tertiary alicyclic amines) is 1. The standard InChI is InChI=1S/C16H27NO3/c1-3-15(19)20-12-4-11-17-14(18)7-10-16(17)8-5-13(2)6-9-16/h13H,3-12H2,1-2H3. The van der Waals surface area contributed by atoms with Gasteiger partial charge in [-0.05, 0) is 44.4 Å². The number of hydrogen-bond acceptors (Lipinski definition) is 3. The third-order valence-electron chi connectivity index (χ3n) is 4.96. The van der Waals surface area contributed by atoms with Gasteiger partial charge in [0.2, 0.25) is 5.91 Å². The Hall–Kier alpha value is -1.06. The topological polar surface area (TPSA) is 46.6 Å². The van der Waals surface area contributed by atoms with Gasteiger partial charge < -0.3 is 9.64 Å². The lowest BCUT2D eigenvalue weighted by Crippen LogP contribution is -2.48. The Morgan fingerprint density at radius 3 is 2.70 bits per heavy atom. The number of rotatable bonds is 5. The molecule has 4 nitrogen and oxygen atoms in total. The fraction of sp³-hybridized carbons (Fsp3) is 0.875. The van der Waals surface area contributed by atoms with Crippen molar-refractivity contribution < 1.29 is 14.3 Å². The molecule has 0 N–H and O–H groups in total. The lowest BCUT2D eigenvalue weighted by atomic mass is 9.75. The highest BCUT2D eigenvalue weighted by Crippen LogP contribution is 2.43. The molecule has 1 amide bonds. The minimum Gasteiger partial charge on any atom is -0.466 e. The predicted octanol–water partition coefficient (Wildman–Crippen LogP) is 2.90. The van der Waals surface area contributed by atoms with E-state index >= 15 is 0 Å². The molecule has 114 valence electrons. The van der Waals surface area contributed by atoms with Crippen LogP contribution in [-0.4, -0.2) is 35.5 Å². The third-order valence-corrected chi connectivity index (χ3v) is 4.96. The van der Waals surface area contributed by atoms with E-state index < -0.39 is 0 Å². The van der Waals surface area contributed by atoms with E-state index in [1.54, 1.807) is 6.92 Å². The van der Waals surface area contributed by atoms with Gasteiger partial charge in [-0.25, -0.2) is 0 Å². The van der Waals surface area contributed by atoms with Crippen LogP contribution in [0.1, 0.15) is 65.2 Å². The van der Waals surface area contributed by atoms with E-state index in [9.17, 15) is 9.59 Å². The number of carbonyl (C=O) groups is 2. The first kappa shape index (κ1) is 15.3. The molecule has 0 atom stereocenters. The largest absolute Gasteiger partial charge is 0.466 e. The van der Waals surface area contributed by atoms with Crippen molar-refractivity contribution in [2.45, 2.75) is 70.8 Å². The molecule has 1 aliphatic carbocycles. The Labute approximate surface area is 121 Å². The van der Waals surface area contributed by atoms with Gasteiger partial charge >= 0.3 is 5.97 Å². The minimum atomic E-state index is -0.154. The molecule has 1 saturated carbocycles. The monoisotopic (exact) mass is 281 g/mol. The Balaban J connectivity index is 1.84. The van der Waals surface area contributed by atoms with Gasteiger partial charge in [-0.15, -0.1) is 0 Å². The van der Waals surface area contributed by atoms with Gasteiger partial charge in [-0.2, -0.15) is 0 Å². The van der Waals surface area contributed by atoms with Crippen molar-refractivity contribution >= 4 is 11.9 Å². The second-order valence-electron chi connectivity index (χ2n) is 6.38. The summed E-state index contributed by atoms with van der Waals surface area (Å²) in [7, 11) is 0. The van der Waals surface area contributed by atoms with Crippen molar-refractivity contribution in [1.29, 1.82) is 0 Å². The first-order valence-corrected chi connectivity index (χ1v) is 8.03. The molecule has 20 heavy (non-hydrogen) atoms. The second-order valence-corrected chi connectivity index (χ2v) is 6.38. The highest BCUT2D eigenvalue weighted by molar-refractivity contribution is 5.79. The summed E-state index contributed by atoms with van der Waals surface area (Å²) in [5, 5.41) is 0. The lowest BCUT2D eigenvalue weighted by Gasteiger charge is -2.43. The van der Waals surface area contributed by atoms with Crippen molar-refractivity contribution in [3.8, 4) is 0 Å². The number of hydrogen-bond donors (Lipinski definition) is 0. The van der Waals surface area contributed by atoms with Crippen molar-refractivity contribution in [3.63, 3.8) is 0 Å². The minimum absolute atomic E-state index is 0.123. The van der Waals surface area contributed by atoms with E-state index in [4.69, 9.17) is 4.74 Å². The van der Waals surface area contributed by atoms with Gasteiger partial charge in [-0.1, -0.05) is 13.8 Å². The van der Waals surface area contributed by atoms with Crippen LogP contribution in [0, 0.1) is 5.92 Å². The van der Waals surface area contributed by atoms with E-state index in [0.717, 1.165) is 38.1 Å². The van der Waals surface area contributed by atoms with Crippen LogP contribution in [-0.2, 0) is 14.3 Å². The number of carbonyl (C=O) groups excluding carboxylic acids is 2. The molecular formula is C16H27NO3. The zero-order valence-electron chi connectivity index (χ0n) is 12.8. The normalized spacial score (nSPS) is 30.0. The molecule has 2 aliphatic rings. The molecule has 0 aromatic rings. The van der Waals surface area contributed by atoms with Crippen LogP contribution in [0.25, 0.3) is 0 Å². The van der Waals surface area contributed by atoms with E-state index in [1.807, 2.05) is 0 Å². The summed E-state index contributed by atoms with van der Waals surface area (Å²) in [5.41, 5.74) is 0.123. The number of ether oxygens (including phenoxy) is 1. The first-order valence-electron chi connectivity index (χ1n) is 8.03. The average Bonchev–Trinajstić information content (AvgIpc) is 2.75. The highest BCUT2D eigenvalue weighted by Gasteiger charge is 2.45. The SMILES string of the molecule is CCC(=O)OCCCN1C(=O)CCC12CCC(C)CC2. The van der Waals surface area contributed by atoms with E-state index in [-0.39, 0.29) is 11.5 Å². The van der Waals surface area contributed by atoms with Crippen LogP contribution in [0.3, 0.4) is 0 Å². The van der Waals surface area contributed by atoms with Gasteiger partial charge in [0.1, 0.15) is 0 Å². The smallest absolute Gasteiger partial charge is 0.305 e. The number of amides is 1. The maximum atomic E-state index is 12.1. The summed E-state index contributed by atoms with van der Waals surface area (Å²) in [5.74, 6) is 0.934. The summed E-state index contributed by atoms with van der Waals surface area (Å²) in [6.45, 7) is 5.27. The first-order chi connectivity index (χ1) is 9.57. The molecule has 0 unspecified atom stereocenters. The second kappa shape index (κ2) is 6.59. The van der Waals surface area contributed by atoms with Gasteiger partial charge in [0.15, 0.2) is 0 Å². The molecule has 0 aromatic carbocycles. The van der Waals surface area contributed by atoms with Crippen LogP contribution >= 0.6 is 0 Å². The van der Waals surface area contributed by atoms with E-state index in [0.29, 0.717) is 25.4 Å². The lowest BCUT2D eigenvalue weighted by molar-refractivity contribution is -0.143. The molecule has 1 saturated heterocycles. The van der Waals surface area contributed by atoms with Crippen molar-refractivity contribution in [1.82, 2.24) is 4.90 Å². The molecule has 1 aliphatic heterocycles. The van der Waals surface area contributed by atoms with E-state index in [2.05, 4.69) is 11.8 Å². The van der Waals surface area contributed by atoms with Crippen molar-refractivity contribution in [2.24, 2.45) is 5.92 Å². The van der Waals surface area contributed by atoms with Crippen LogP contribution in [0.15, 0.2) is 0 Å². The molecule has 1 spiro atoms. The van der Waals surface area contributed by atoms with Gasteiger partial charge in [0, 0.05) is 24.9 Å². The van der Waals surface area contributed by atoms with Crippen LogP contribution in [0.2, 0.25) is 0 Å². The summed E-state index contributed by atoms with van der Waals surface area (Å²) in [4.78, 5) is 25.3. The zero-order chi connectivity index (χ0) is 14.6. The van der Waals surface area contributed by atoms with Crippen LogP contribution in [0.5, 0.6) is 0 Å². The molecule has 0 bridgehead atoms. The Morgan fingerprint density at radius 2 is 2.05 bits per heavy atom. The Bertz CT molecular complexity index is 359. The van der Waals surface area contributed by atoms with Gasteiger partial charge in [0.05, 0.1) is 6.61 Å². The van der Waals surface area contributed by atoms with Crippen molar-refractivity contribution in [2.75, 3.05) is 13.2 Å². The van der Waals surface area contributed by atoms with Crippen LogP contribution < -0.4 is 0 Å². The Morgan fingerprint density at radius 1 is 1.35 bits per heavy atom.